The van der Waals surface area contributed by atoms with Gasteiger partial charge in [0.25, 0.3) is 0 Å². The van der Waals surface area contributed by atoms with E-state index in [0.29, 0.717) is 29.2 Å². The number of nitrogens with zero attached hydrogens (tertiary/aromatic N) is 6. The average Bonchev–Trinajstić information content (AvgIpc) is 3.35. The van der Waals surface area contributed by atoms with E-state index in [-0.39, 0.29) is 12.1 Å². The maximum absolute atomic E-state index is 13.7. The van der Waals surface area contributed by atoms with Crippen LogP contribution in [-0.2, 0) is 7.05 Å². The van der Waals surface area contributed by atoms with Crippen LogP contribution in [0.3, 0.4) is 0 Å². The molecule has 28 heavy (non-hydrogen) atoms. The van der Waals surface area contributed by atoms with Crippen molar-refractivity contribution in [3.8, 4) is 0 Å². The van der Waals surface area contributed by atoms with Gasteiger partial charge in [0.05, 0.1) is 17.9 Å². The monoisotopic (exact) mass is 397 g/mol. The van der Waals surface area contributed by atoms with E-state index in [2.05, 4.69) is 24.0 Å². The minimum atomic E-state index is -0.960. The third-order valence-corrected chi connectivity index (χ3v) is 5.53. The molecule has 0 amide bonds. The van der Waals surface area contributed by atoms with E-state index in [1.807, 2.05) is 19.1 Å². The molecule has 0 saturated heterocycles. The molecular weight excluding hydrogens is 381 g/mol. The molecule has 0 bridgehead atoms. The Balaban J connectivity index is 1.61. The molecule has 1 unspecified atom stereocenters. The van der Waals surface area contributed by atoms with Crippen LogP contribution in [-0.4, -0.2) is 34.0 Å². The van der Waals surface area contributed by atoms with Crippen LogP contribution < -0.4 is 11.0 Å². The Kier molecular flexibility index (Phi) is 3.76. The standard InChI is InChI=1S/C18H16FN7OS/c1-9-5-13-14(24-28-23-13)7-12(9)21-17-20-8-15-16(22-17)26(18(27)25(15)2)11-4-3-10(19)6-11/h4-5,7-8,10H,3,6H2,1-2H3,(H,20,21,22). The molecular formula is C18H16FN7OS. The molecule has 8 nitrogen and oxygen atoms in total. The second kappa shape index (κ2) is 6.20. The predicted molar refractivity (Wildman–Crippen MR) is 107 cm³/mol. The van der Waals surface area contributed by atoms with Crippen LogP contribution in [0.5, 0.6) is 0 Å². The summed E-state index contributed by atoms with van der Waals surface area (Å²) in [5, 5.41) is 3.20. The van der Waals surface area contributed by atoms with Gasteiger partial charge in [-0.25, -0.2) is 18.7 Å². The van der Waals surface area contributed by atoms with Gasteiger partial charge in [0.15, 0.2) is 5.65 Å². The number of nitrogens with one attached hydrogen (secondary N) is 1. The molecule has 5 rings (SSSR count). The number of aryl methyl sites for hydroxylation is 2. The van der Waals surface area contributed by atoms with Crippen molar-refractivity contribution in [3.05, 3.63) is 40.5 Å². The molecule has 0 aliphatic heterocycles. The zero-order chi connectivity index (χ0) is 19.4. The molecule has 3 heterocycles. The van der Waals surface area contributed by atoms with Crippen LogP contribution in [0.15, 0.2) is 29.2 Å². The molecule has 10 heteroatoms. The van der Waals surface area contributed by atoms with E-state index >= 15 is 0 Å². The van der Waals surface area contributed by atoms with Gasteiger partial charge in [0, 0.05) is 24.9 Å². The van der Waals surface area contributed by atoms with Crippen molar-refractivity contribution in [2.24, 2.45) is 7.05 Å². The average molecular weight is 397 g/mol. The summed E-state index contributed by atoms with van der Waals surface area (Å²) < 4.78 is 25.1. The molecule has 1 aliphatic carbocycles. The lowest BCUT2D eigenvalue weighted by atomic mass is 10.2. The fourth-order valence-corrected chi connectivity index (χ4v) is 3.97. The number of imidazole rings is 1. The van der Waals surface area contributed by atoms with E-state index in [1.165, 1.54) is 9.13 Å². The number of anilines is 2. The third-order valence-electron chi connectivity index (χ3n) is 4.97. The molecule has 0 spiro atoms. The quantitative estimate of drug-likeness (QED) is 0.571. The molecule has 1 atom stereocenters. The first kappa shape index (κ1) is 17.0. The first-order valence-electron chi connectivity index (χ1n) is 8.79. The second-order valence-electron chi connectivity index (χ2n) is 6.86. The lowest BCUT2D eigenvalue weighted by Crippen LogP contribution is -2.21. The lowest BCUT2D eigenvalue weighted by molar-refractivity contribution is 0.353. The van der Waals surface area contributed by atoms with Crippen LogP contribution >= 0.6 is 11.7 Å². The van der Waals surface area contributed by atoms with Crippen molar-refractivity contribution in [2.75, 3.05) is 5.32 Å². The Morgan fingerprint density at radius 1 is 1.29 bits per heavy atom. The Bertz CT molecular complexity index is 1320. The number of hydrogen-bond acceptors (Lipinski definition) is 7. The molecule has 0 saturated carbocycles. The van der Waals surface area contributed by atoms with Crippen molar-refractivity contribution in [3.63, 3.8) is 0 Å². The third kappa shape index (κ3) is 2.60. The van der Waals surface area contributed by atoms with Gasteiger partial charge in [-0.1, -0.05) is 6.08 Å². The Morgan fingerprint density at radius 2 is 2.07 bits per heavy atom. The van der Waals surface area contributed by atoms with Gasteiger partial charge in [0.2, 0.25) is 5.95 Å². The van der Waals surface area contributed by atoms with Crippen LogP contribution in [0.25, 0.3) is 27.9 Å². The summed E-state index contributed by atoms with van der Waals surface area (Å²) in [5.74, 6) is 0.355. The predicted octanol–water partition coefficient (Wildman–Crippen LogP) is 3.16. The summed E-state index contributed by atoms with van der Waals surface area (Å²) in [4.78, 5) is 21.6. The van der Waals surface area contributed by atoms with Gasteiger partial charge < -0.3 is 5.32 Å². The first-order valence-corrected chi connectivity index (χ1v) is 9.52. The number of benzene rings is 1. The van der Waals surface area contributed by atoms with Crippen LogP contribution in [0, 0.1) is 6.92 Å². The number of halogens is 1. The fraction of sp³-hybridized carbons (Fsp3) is 0.278. The Morgan fingerprint density at radius 3 is 2.82 bits per heavy atom. The normalized spacial score (nSPS) is 16.8. The van der Waals surface area contributed by atoms with Gasteiger partial charge in [-0.05, 0) is 31.0 Å². The number of alkyl halides is 1. The minimum absolute atomic E-state index is 0.207. The minimum Gasteiger partial charge on any atom is -0.324 e. The maximum Gasteiger partial charge on any atom is 0.334 e. The number of allylic oxidation sites excluding steroid dienone is 2. The Hall–Kier alpha value is -3.14. The molecule has 1 N–H and O–H groups in total. The van der Waals surface area contributed by atoms with Crippen molar-refractivity contribution in [1.29, 1.82) is 0 Å². The number of rotatable bonds is 3. The van der Waals surface area contributed by atoms with Crippen LogP contribution in [0.2, 0.25) is 0 Å². The van der Waals surface area contributed by atoms with Crippen LogP contribution in [0.1, 0.15) is 18.4 Å². The second-order valence-corrected chi connectivity index (χ2v) is 7.39. The van der Waals surface area contributed by atoms with Gasteiger partial charge in [-0.3, -0.25) is 4.57 Å². The molecule has 4 aromatic rings. The first-order chi connectivity index (χ1) is 13.5. The molecule has 142 valence electrons. The number of aromatic nitrogens is 6. The zero-order valence-electron chi connectivity index (χ0n) is 15.2. The topological polar surface area (TPSA) is 90.5 Å². The largest absolute Gasteiger partial charge is 0.334 e. The lowest BCUT2D eigenvalue weighted by Gasteiger charge is -2.09. The molecule has 1 aliphatic rings. The van der Waals surface area contributed by atoms with Crippen LogP contribution in [0.4, 0.5) is 16.0 Å². The van der Waals surface area contributed by atoms with E-state index in [4.69, 9.17) is 0 Å². The van der Waals surface area contributed by atoms with E-state index in [9.17, 15) is 9.18 Å². The fourth-order valence-electron chi connectivity index (χ4n) is 3.46. The summed E-state index contributed by atoms with van der Waals surface area (Å²) in [7, 11) is 1.66. The zero-order valence-corrected chi connectivity index (χ0v) is 16.0. The highest BCUT2D eigenvalue weighted by atomic mass is 32.1. The molecule has 0 fully saturated rings. The van der Waals surface area contributed by atoms with Crippen molar-refractivity contribution < 1.29 is 4.39 Å². The highest BCUT2D eigenvalue weighted by molar-refractivity contribution is 7.00. The highest BCUT2D eigenvalue weighted by Crippen LogP contribution is 2.28. The summed E-state index contributed by atoms with van der Waals surface area (Å²) in [6.07, 6.45) is 2.92. The van der Waals surface area contributed by atoms with E-state index in [0.717, 1.165) is 34.0 Å². The van der Waals surface area contributed by atoms with Gasteiger partial charge in [0.1, 0.15) is 22.7 Å². The SMILES string of the molecule is Cc1cc2nsnc2cc1Nc1ncc2c(n1)n(C1=CCC(F)C1)c(=O)n2C. The maximum atomic E-state index is 13.7. The van der Waals surface area contributed by atoms with Gasteiger partial charge in [-0.15, -0.1) is 0 Å². The van der Waals surface area contributed by atoms with E-state index < -0.39 is 6.17 Å². The summed E-state index contributed by atoms with van der Waals surface area (Å²) in [5.41, 5.74) is 4.86. The molecule has 3 aromatic heterocycles. The summed E-state index contributed by atoms with van der Waals surface area (Å²) in [6.45, 7) is 1.96. The van der Waals surface area contributed by atoms with E-state index in [1.54, 1.807) is 19.3 Å². The summed E-state index contributed by atoms with van der Waals surface area (Å²) >= 11 is 1.16. The van der Waals surface area contributed by atoms with Crippen molar-refractivity contribution in [2.45, 2.75) is 25.9 Å². The Labute approximate surface area is 162 Å². The number of hydrogen-bond donors (Lipinski definition) is 1. The van der Waals surface area contributed by atoms with Gasteiger partial charge >= 0.3 is 5.69 Å². The highest BCUT2D eigenvalue weighted by Gasteiger charge is 2.23. The molecule has 1 aromatic carbocycles. The molecule has 0 radical (unpaired) electrons. The number of fused-ring (bicyclic) bond motifs is 2. The smallest absolute Gasteiger partial charge is 0.324 e. The summed E-state index contributed by atoms with van der Waals surface area (Å²) in [6, 6.07) is 3.84. The van der Waals surface area contributed by atoms with Crippen molar-refractivity contribution >= 4 is 51.3 Å². The van der Waals surface area contributed by atoms with Gasteiger partial charge in [-0.2, -0.15) is 13.7 Å². The van der Waals surface area contributed by atoms with Crippen molar-refractivity contribution in [1.82, 2.24) is 27.8 Å².